The predicted octanol–water partition coefficient (Wildman–Crippen LogP) is 1.70. The standard InChI is InChI=1S/C14H22N2O2/c1-13(2)8-10(9-14(3,4)15(13)5)16-11(17)6-7-12(16)18/h6-7,10H,8-9H2,1-5H3/p+1. The van der Waals surface area contributed by atoms with Crippen molar-refractivity contribution in [2.24, 2.45) is 0 Å². The van der Waals surface area contributed by atoms with Gasteiger partial charge in [-0.15, -0.1) is 4.58 Å². The first-order valence-corrected chi connectivity index (χ1v) is 6.46. The lowest BCUT2D eigenvalue weighted by molar-refractivity contribution is -0.500. The summed E-state index contributed by atoms with van der Waals surface area (Å²) in [7, 11) is 2.13. The SMILES string of the molecule is CN1C(C)(C)CC([N+]2=C(O)C=CC2=O)CC1(C)C. The molecule has 0 spiro atoms. The molecular weight excluding hydrogens is 228 g/mol. The fourth-order valence-electron chi connectivity index (χ4n) is 3.29. The average molecular weight is 251 g/mol. The Kier molecular flexibility index (Phi) is 2.89. The molecule has 0 saturated carbocycles. The zero-order valence-corrected chi connectivity index (χ0v) is 11.9. The predicted molar refractivity (Wildman–Crippen MR) is 71.0 cm³/mol. The molecule has 1 fully saturated rings. The van der Waals surface area contributed by atoms with Gasteiger partial charge in [-0.1, -0.05) is 0 Å². The molecule has 0 bridgehead atoms. The van der Waals surface area contributed by atoms with Crippen molar-refractivity contribution in [2.75, 3.05) is 7.05 Å². The summed E-state index contributed by atoms with van der Waals surface area (Å²) in [6.07, 6.45) is 4.66. The van der Waals surface area contributed by atoms with Crippen LogP contribution in [0.1, 0.15) is 40.5 Å². The molecule has 1 saturated heterocycles. The van der Waals surface area contributed by atoms with Crippen LogP contribution in [0.3, 0.4) is 0 Å². The topological polar surface area (TPSA) is 43.5 Å². The fourth-order valence-corrected chi connectivity index (χ4v) is 3.29. The highest BCUT2D eigenvalue weighted by Crippen LogP contribution is 2.38. The van der Waals surface area contributed by atoms with Crippen LogP contribution < -0.4 is 0 Å². The Morgan fingerprint density at radius 2 is 1.72 bits per heavy atom. The van der Waals surface area contributed by atoms with Crippen molar-refractivity contribution in [3.8, 4) is 0 Å². The molecule has 18 heavy (non-hydrogen) atoms. The molecule has 1 N–H and O–H groups in total. The van der Waals surface area contributed by atoms with Crippen LogP contribution in [0.15, 0.2) is 12.2 Å². The quantitative estimate of drug-likeness (QED) is 0.721. The monoisotopic (exact) mass is 251 g/mol. The number of hydrogen-bond donors (Lipinski definition) is 1. The second-order valence-electron chi connectivity index (χ2n) is 6.65. The van der Waals surface area contributed by atoms with E-state index in [1.165, 1.54) is 16.7 Å². The molecule has 2 heterocycles. The fraction of sp³-hybridized carbons (Fsp3) is 0.714. The van der Waals surface area contributed by atoms with Gasteiger partial charge in [-0.3, -0.25) is 4.90 Å². The summed E-state index contributed by atoms with van der Waals surface area (Å²) in [5, 5.41) is 9.84. The molecule has 0 radical (unpaired) electrons. The summed E-state index contributed by atoms with van der Waals surface area (Å²) in [4.78, 5) is 14.2. The molecule has 4 nitrogen and oxygen atoms in total. The molecule has 4 heteroatoms. The van der Waals surface area contributed by atoms with Crippen molar-refractivity contribution in [2.45, 2.75) is 57.7 Å². The Morgan fingerprint density at radius 1 is 1.22 bits per heavy atom. The van der Waals surface area contributed by atoms with Crippen molar-refractivity contribution in [1.82, 2.24) is 4.90 Å². The largest absolute Gasteiger partial charge is 0.460 e. The Bertz CT molecular complexity index is 429. The molecule has 0 aromatic heterocycles. The van der Waals surface area contributed by atoms with Gasteiger partial charge in [0.25, 0.3) is 0 Å². The number of carbonyl (C=O) groups is 1. The Balaban J connectivity index is 2.33. The highest BCUT2D eigenvalue weighted by Gasteiger charge is 2.49. The van der Waals surface area contributed by atoms with Crippen LogP contribution in [-0.2, 0) is 4.79 Å². The lowest BCUT2D eigenvalue weighted by Gasteiger charge is -2.51. The molecule has 0 aromatic rings. The molecule has 0 unspecified atom stereocenters. The molecule has 0 aliphatic carbocycles. The number of aliphatic hydroxyl groups excluding tert-OH is 1. The first-order valence-electron chi connectivity index (χ1n) is 6.46. The number of carbonyl (C=O) groups excluding carboxylic acids is 1. The molecule has 2 aliphatic heterocycles. The summed E-state index contributed by atoms with van der Waals surface area (Å²) < 4.78 is 1.54. The van der Waals surface area contributed by atoms with Crippen LogP contribution in [0.25, 0.3) is 0 Å². The van der Waals surface area contributed by atoms with Gasteiger partial charge in [-0.25, -0.2) is 4.79 Å². The number of hydrogen-bond acceptors (Lipinski definition) is 2. The van der Waals surface area contributed by atoms with Gasteiger partial charge in [0.15, 0.2) is 6.04 Å². The van der Waals surface area contributed by atoms with Gasteiger partial charge in [0.05, 0.1) is 12.2 Å². The van der Waals surface area contributed by atoms with E-state index in [1.807, 2.05) is 0 Å². The van der Waals surface area contributed by atoms with Gasteiger partial charge in [0.1, 0.15) is 0 Å². The highest BCUT2D eigenvalue weighted by molar-refractivity contribution is 5.99. The van der Waals surface area contributed by atoms with E-state index in [-0.39, 0.29) is 28.9 Å². The van der Waals surface area contributed by atoms with Crippen LogP contribution in [0.4, 0.5) is 0 Å². The second-order valence-corrected chi connectivity index (χ2v) is 6.65. The van der Waals surface area contributed by atoms with Crippen LogP contribution in [0, 0.1) is 0 Å². The molecule has 2 aliphatic rings. The van der Waals surface area contributed by atoms with E-state index >= 15 is 0 Å². The van der Waals surface area contributed by atoms with Crippen molar-refractivity contribution < 1.29 is 14.5 Å². The number of aliphatic hydroxyl groups is 1. The van der Waals surface area contributed by atoms with Crippen LogP contribution in [0.2, 0.25) is 0 Å². The van der Waals surface area contributed by atoms with Gasteiger partial charge >= 0.3 is 11.8 Å². The lowest BCUT2D eigenvalue weighted by Crippen LogP contribution is -2.62. The summed E-state index contributed by atoms with van der Waals surface area (Å²) >= 11 is 0. The van der Waals surface area contributed by atoms with Crippen LogP contribution in [-0.4, -0.2) is 50.6 Å². The van der Waals surface area contributed by atoms with E-state index in [4.69, 9.17) is 0 Å². The maximum Gasteiger partial charge on any atom is 0.415 e. The number of nitrogens with zero attached hydrogens (tertiary/aromatic N) is 2. The number of likely N-dealkylation sites (tertiary alicyclic amines) is 1. The van der Waals surface area contributed by atoms with Crippen molar-refractivity contribution in [3.05, 3.63) is 12.2 Å². The van der Waals surface area contributed by atoms with Crippen molar-refractivity contribution >= 4 is 11.8 Å². The molecule has 100 valence electrons. The molecule has 2 rings (SSSR count). The summed E-state index contributed by atoms with van der Waals surface area (Å²) in [6, 6.07) is 0.0636. The van der Waals surface area contributed by atoms with E-state index < -0.39 is 0 Å². The summed E-state index contributed by atoms with van der Waals surface area (Å²) in [5.74, 6) is -0.0187. The molecule has 1 amide bonds. The zero-order chi connectivity index (χ0) is 13.7. The van der Waals surface area contributed by atoms with Gasteiger partial charge in [0.2, 0.25) is 0 Å². The lowest BCUT2D eigenvalue weighted by atomic mass is 9.77. The smallest absolute Gasteiger partial charge is 0.415 e. The third kappa shape index (κ3) is 1.99. The number of piperidine rings is 1. The van der Waals surface area contributed by atoms with E-state index in [9.17, 15) is 9.90 Å². The minimum atomic E-state index is -0.103. The van der Waals surface area contributed by atoms with E-state index in [1.54, 1.807) is 0 Å². The van der Waals surface area contributed by atoms with Crippen molar-refractivity contribution in [3.63, 3.8) is 0 Å². The third-order valence-electron chi connectivity index (χ3n) is 4.51. The minimum Gasteiger partial charge on any atom is -0.460 e. The number of rotatable bonds is 1. The van der Waals surface area contributed by atoms with E-state index in [0.29, 0.717) is 0 Å². The summed E-state index contributed by atoms with van der Waals surface area (Å²) in [6.45, 7) is 8.75. The maximum absolute atomic E-state index is 11.8. The Morgan fingerprint density at radius 3 is 2.11 bits per heavy atom. The van der Waals surface area contributed by atoms with E-state index in [0.717, 1.165) is 12.8 Å². The molecule has 0 aromatic carbocycles. The molecular formula is C14H23N2O2+. The maximum atomic E-state index is 11.8. The molecule has 0 atom stereocenters. The normalized spacial score (nSPS) is 28.2. The Hall–Kier alpha value is -1.16. The first-order chi connectivity index (χ1) is 8.15. The second kappa shape index (κ2) is 3.92. The van der Waals surface area contributed by atoms with Gasteiger partial charge in [0, 0.05) is 23.9 Å². The summed E-state index contributed by atoms with van der Waals surface area (Å²) in [5.41, 5.74) is 0.0190. The van der Waals surface area contributed by atoms with Gasteiger partial charge < -0.3 is 5.11 Å². The minimum absolute atomic E-state index is 0.00949. The Labute approximate surface area is 109 Å². The number of amides is 1. The van der Waals surface area contributed by atoms with Crippen molar-refractivity contribution in [1.29, 1.82) is 0 Å². The highest BCUT2D eigenvalue weighted by atomic mass is 16.3. The first kappa shape index (κ1) is 13.3. The van der Waals surface area contributed by atoms with Crippen LogP contribution >= 0.6 is 0 Å². The average Bonchev–Trinajstić information content (AvgIpc) is 2.54. The van der Waals surface area contributed by atoms with Gasteiger partial charge in [-0.2, -0.15) is 0 Å². The zero-order valence-electron chi connectivity index (χ0n) is 11.9. The van der Waals surface area contributed by atoms with Gasteiger partial charge in [-0.05, 0) is 34.7 Å². The third-order valence-corrected chi connectivity index (χ3v) is 4.51. The van der Waals surface area contributed by atoms with Crippen LogP contribution in [0.5, 0.6) is 0 Å². The van der Waals surface area contributed by atoms with E-state index in [2.05, 4.69) is 39.6 Å².